The van der Waals surface area contributed by atoms with Gasteiger partial charge in [-0.1, -0.05) is 0 Å². The Hall–Kier alpha value is -0.183. The van der Waals surface area contributed by atoms with Crippen molar-refractivity contribution in [3.63, 3.8) is 0 Å². The zero-order valence-electron chi connectivity index (χ0n) is 22.4. The highest BCUT2D eigenvalue weighted by Crippen LogP contribution is 2.35. The fourth-order valence-electron chi connectivity index (χ4n) is 3.97. The van der Waals surface area contributed by atoms with Crippen molar-refractivity contribution < 1.29 is 46.7 Å². The molecule has 0 aromatic rings. The van der Waals surface area contributed by atoms with E-state index in [4.69, 9.17) is 46.7 Å². The molecule has 0 rings (SSSR count). The average molecular weight is 501 g/mol. The first kappa shape index (κ1) is 32.8. The minimum Gasteiger partial charge on any atom is -0.395 e. The lowest BCUT2D eigenvalue weighted by Gasteiger charge is -2.44. The van der Waals surface area contributed by atoms with Crippen LogP contribution in [0.25, 0.3) is 0 Å². The molecule has 0 aliphatic heterocycles. The molecule has 2 unspecified atom stereocenters. The predicted octanol–water partition coefficient (Wildman–Crippen LogP) is 3.14. The second-order valence-electron chi connectivity index (χ2n) is 6.95. The maximum Gasteiger partial charge on any atom is 0.398 e. The van der Waals surface area contributed by atoms with Crippen molar-refractivity contribution in [1.29, 1.82) is 0 Å². The first-order chi connectivity index (χ1) is 15.8. The summed E-state index contributed by atoms with van der Waals surface area (Å²) in [5.74, 6) is -2.63. The van der Waals surface area contributed by atoms with Gasteiger partial charge in [-0.3, -0.25) is 0 Å². The molecular formula is C22H48O10Si. The van der Waals surface area contributed by atoms with Crippen LogP contribution >= 0.6 is 0 Å². The highest BCUT2D eigenvalue weighted by atomic mass is 28.4. The van der Waals surface area contributed by atoms with Crippen LogP contribution in [0.5, 0.6) is 0 Å². The Bertz CT molecular complexity index is 406. The minimum atomic E-state index is -3.32. The summed E-state index contributed by atoms with van der Waals surface area (Å²) < 4.78 is 59.6. The first-order valence-electron chi connectivity index (χ1n) is 11.8. The van der Waals surface area contributed by atoms with Crippen LogP contribution in [0.1, 0.15) is 54.4 Å². The third-order valence-electron chi connectivity index (χ3n) is 5.16. The van der Waals surface area contributed by atoms with Crippen molar-refractivity contribution in [3.05, 3.63) is 0 Å². The van der Waals surface area contributed by atoms with Gasteiger partial charge in [0, 0.05) is 68.1 Å². The lowest BCUT2D eigenvalue weighted by molar-refractivity contribution is -0.386. The van der Waals surface area contributed by atoms with E-state index >= 15 is 0 Å². The van der Waals surface area contributed by atoms with Gasteiger partial charge >= 0.3 is 8.56 Å². The van der Waals surface area contributed by atoms with E-state index in [1.54, 1.807) is 28.4 Å². The highest BCUT2D eigenvalue weighted by molar-refractivity contribution is 6.70. The molecule has 11 heteroatoms. The number of hydrogen-bond acceptors (Lipinski definition) is 10. The molecule has 0 spiro atoms. The molecule has 0 aliphatic rings. The normalized spacial score (nSPS) is 15.1. The molecule has 0 bridgehead atoms. The van der Waals surface area contributed by atoms with E-state index in [0.29, 0.717) is 39.6 Å². The van der Waals surface area contributed by atoms with Crippen LogP contribution in [0, 0.1) is 0 Å². The quantitative estimate of drug-likeness (QED) is 0.163. The number of ether oxygens (including phenoxy) is 8. The predicted molar refractivity (Wildman–Crippen MR) is 126 cm³/mol. The summed E-state index contributed by atoms with van der Waals surface area (Å²) in [5.41, 5.74) is -1.19. The summed E-state index contributed by atoms with van der Waals surface area (Å²) in [4.78, 5) is 0. The standard InChI is InChI=1S/C22H48O10Si/c1-11-27-21(28-12-2,29-13-3)17-19(23-7)33(25-9,26-10)20(24-8)18-22(30-14-4,31-15-5)32-16-6/h19-20H,11-18H2,1-10H3. The number of hydrogen-bond donors (Lipinski definition) is 0. The van der Waals surface area contributed by atoms with E-state index in [2.05, 4.69) is 0 Å². The summed E-state index contributed by atoms with van der Waals surface area (Å²) in [5, 5.41) is 0. The third-order valence-corrected chi connectivity index (χ3v) is 9.11. The van der Waals surface area contributed by atoms with Crippen LogP contribution in [0.2, 0.25) is 0 Å². The topological polar surface area (TPSA) is 92.3 Å². The Morgan fingerprint density at radius 3 is 0.879 bits per heavy atom. The average Bonchev–Trinajstić information content (AvgIpc) is 2.79. The van der Waals surface area contributed by atoms with Crippen LogP contribution < -0.4 is 0 Å². The van der Waals surface area contributed by atoms with Crippen molar-refractivity contribution in [2.24, 2.45) is 0 Å². The van der Waals surface area contributed by atoms with E-state index < -0.39 is 32.0 Å². The second-order valence-corrected chi connectivity index (χ2v) is 10.5. The zero-order chi connectivity index (χ0) is 25.4. The molecule has 2 atom stereocenters. The molecule has 0 saturated heterocycles. The van der Waals surface area contributed by atoms with Gasteiger partial charge in [-0.05, 0) is 41.5 Å². The summed E-state index contributed by atoms with van der Waals surface area (Å²) in [6, 6.07) is 0. The molecule has 0 saturated carbocycles. The van der Waals surface area contributed by atoms with Gasteiger partial charge in [0.15, 0.2) is 0 Å². The highest BCUT2D eigenvalue weighted by Gasteiger charge is 2.59. The van der Waals surface area contributed by atoms with Gasteiger partial charge in [-0.2, -0.15) is 0 Å². The molecular weight excluding hydrogens is 452 g/mol. The Morgan fingerprint density at radius 2 is 0.727 bits per heavy atom. The van der Waals surface area contributed by atoms with Crippen molar-refractivity contribution in [2.45, 2.75) is 77.8 Å². The Kier molecular flexibility index (Phi) is 17.2. The largest absolute Gasteiger partial charge is 0.398 e. The monoisotopic (exact) mass is 500 g/mol. The van der Waals surface area contributed by atoms with E-state index in [0.717, 1.165) is 0 Å². The molecule has 200 valence electrons. The summed E-state index contributed by atoms with van der Waals surface area (Å²) in [6.07, 6.45) is 0.412. The maximum absolute atomic E-state index is 6.09. The Morgan fingerprint density at radius 1 is 0.485 bits per heavy atom. The van der Waals surface area contributed by atoms with Crippen molar-refractivity contribution in [1.82, 2.24) is 0 Å². The molecule has 0 N–H and O–H groups in total. The van der Waals surface area contributed by atoms with E-state index in [1.807, 2.05) is 41.5 Å². The fourth-order valence-corrected chi connectivity index (χ4v) is 7.33. The van der Waals surface area contributed by atoms with Crippen LogP contribution in [-0.2, 0) is 46.7 Å². The first-order valence-corrected chi connectivity index (χ1v) is 13.8. The molecule has 0 amide bonds. The van der Waals surface area contributed by atoms with Crippen molar-refractivity contribution >= 4 is 8.56 Å². The molecule has 0 aliphatic carbocycles. The zero-order valence-corrected chi connectivity index (χ0v) is 23.4. The second kappa shape index (κ2) is 17.3. The molecule has 33 heavy (non-hydrogen) atoms. The van der Waals surface area contributed by atoms with E-state index in [-0.39, 0.29) is 12.8 Å². The van der Waals surface area contributed by atoms with Crippen LogP contribution in [-0.4, -0.2) is 100 Å². The lowest BCUT2D eigenvalue weighted by atomic mass is 10.3. The fraction of sp³-hybridized carbons (Fsp3) is 1.00. The molecule has 0 aromatic heterocycles. The van der Waals surface area contributed by atoms with Crippen molar-refractivity contribution in [2.75, 3.05) is 68.1 Å². The van der Waals surface area contributed by atoms with Crippen molar-refractivity contribution in [3.8, 4) is 0 Å². The van der Waals surface area contributed by atoms with Gasteiger partial charge in [0.1, 0.15) is 11.5 Å². The lowest BCUT2D eigenvalue weighted by Crippen LogP contribution is -2.66. The number of methoxy groups -OCH3 is 2. The number of rotatable bonds is 22. The van der Waals surface area contributed by atoms with Gasteiger partial charge in [0.2, 0.25) is 0 Å². The SMILES string of the molecule is CCOC(CC(OC)[Si](OC)(OC)C(CC(OCC)(OCC)OCC)OC)(OCC)OCC. The maximum atomic E-state index is 6.09. The van der Waals surface area contributed by atoms with Gasteiger partial charge < -0.3 is 46.7 Å². The van der Waals surface area contributed by atoms with Gasteiger partial charge in [0.25, 0.3) is 11.9 Å². The third kappa shape index (κ3) is 9.08. The summed E-state index contributed by atoms with van der Waals surface area (Å²) in [7, 11) is 3.03. The van der Waals surface area contributed by atoms with E-state index in [9.17, 15) is 0 Å². The molecule has 0 aromatic carbocycles. The molecule has 0 radical (unpaired) electrons. The molecule has 10 nitrogen and oxygen atoms in total. The Balaban J connectivity index is 6.32. The Labute approximate surface area is 201 Å². The van der Waals surface area contributed by atoms with Gasteiger partial charge in [0.05, 0.1) is 12.8 Å². The summed E-state index contributed by atoms with van der Waals surface area (Å²) in [6.45, 7) is 13.6. The van der Waals surface area contributed by atoms with E-state index in [1.165, 1.54) is 0 Å². The van der Waals surface area contributed by atoms with Crippen LogP contribution in [0.4, 0.5) is 0 Å². The van der Waals surface area contributed by atoms with Crippen LogP contribution in [0.3, 0.4) is 0 Å². The smallest absolute Gasteiger partial charge is 0.395 e. The molecule has 0 heterocycles. The van der Waals surface area contributed by atoms with Gasteiger partial charge in [-0.15, -0.1) is 0 Å². The molecule has 0 fully saturated rings. The van der Waals surface area contributed by atoms with Gasteiger partial charge in [-0.25, -0.2) is 0 Å². The minimum absolute atomic E-state index is 0.206. The summed E-state index contributed by atoms with van der Waals surface area (Å²) >= 11 is 0. The van der Waals surface area contributed by atoms with Crippen LogP contribution in [0.15, 0.2) is 0 Å².